The van der Waals surface area contributed by atoms with Gasteiger partial charge in [-0.1, -0.05) is 18.2 Å². The van der Waals surface area contributed by atoms with Crippen molar-refractivity contribution in [3.8, 4) is 5.75 Å². The molecule has 0 saturated heterocycles. The van der Waals surface area contributed by atoms with E-state index in [0.717, 1.165) is 43.9 Å². The Bertz CT molecular complexity index is 670. The zero-order chi connectivity index (χ0) is 15.9. The van der Waals surface area contributed by atoms with Gasteiger partial charge in [-0.15, -0.1) is 0 Å². The van der Waals surface area contributed by atoms with E-state index in [2.05, 4.69) is 22.8 Å². The Hall–Kier alpha value is -2.49. The molecular formula is C19H22N2O2. The number of carbonyl (C=O) groups is 1. The number of benzene rings is 2. The van der Waals surface area contributed by atoms with Crippen molar-refractivity contribution in [3.63, 3.8) is 0 Å². The number of hydrogen-bond acceptors (Lipinski definition) is 3. The van der Waals surface area contributed by atoms with Crippen LogP contribution in [0.15, 0.2) is 48.5 Å². The molecule has 0 unspecified atom stereocenters. The molecule has 1 aliphatic rings. The van der Waals surface area contributed by atoms with Crippen LogP contribution in [-0.2, 0) is 6.42 Å². The van der Waals surface area contributed by atoms with E-state index in [9.17, 15) is 4.79 Å². The van der Waals surface area contributed by atoms with Gasteiger partial charge in [-0.05, 0) is 55.2 Å². The van der Waals surface area contributed by atoms with Gasteiger partial charge in [-0.2, -0.15) is 0 Å². The third kappa shape index (κ3) is 4.49. The highest BCUT2D eigenvalue weighted by Gasteiger charge is 2.06. The molecule has 0 radical (unpaired) electrons. The second-order valence-corrected chi connectivity index (χ2v) is 5.72. The van der Waals surface area contributed by atoms with Crippen LogP contribution < -0.4 is 15.4 Å². The van der Waals surface area contributed by atoms with E-state index < -0.39 is 0 Å². The average Bonchev–Trinajstić information content (AvgIpc) is 2.58. The lowest BCUT2D eigenvalue weighted by Crippen LogP contribution is -2.25. The summed E-state index contributed by atoms with van der Waals surface area (Å²) in [5.41, 5.74) is 2.85. The molecule has 1 amide bonds. The highest BCUT2D eigenvalue weighted by Crippen LogP contribution is 2.15. The van der Waals surface area contributed by atoms with E-state index >= 15 is 0 Å². The van der Waals surface area contributed by atoms with E-state index in [0.29, 0.717) is 12.1 Å². The molecule has 4 bridgehead atoms. The minimum Gasteiger partial charge on any atom is -0.494 e. The molecule has 120 valence electrons. The molecule has 0 fully saturated rings. The van der Waals surface area contributed by atoms with Gasteiger partial charge in [0.1, 0.15) is 5.75 Å². The number of carbonyl (C=O) groups excluding carboxylic acids is 1. The average molecular weight is 310 g/mol. The first-order valence-electron chi connectivity index (χ1n) is 8.15. The molecule has 0 atom stereocenters. The van der Waals surface area contributed by atoms with Crippen molar-refractivity contribution in [2.45, 2.75) is 19.3 Å². The number of fused-ring (bicyclic) bond motifs is 4. The van der Waals surface area contributed by atoms with E-state index in [4.69, 9.17) is 4.74 Å². The molecule has 2 aromatic rings. The topological polar surface area (TPSA) is 50.4 Å². The lowest BCUT2D eigenvalue weighted by molar-refractivity contribution is 0.0954. The molecule has 1 aliphatic heterocycles. The monoisotopic (exact) mass is 310 g/mol. The summed E-state index contributed by atoms with van der Waals surface area (Å²) in [5, 5.41) is 6.33. The molecule has 0 aliphatic carbocycles. The first kappa shape index (κ1) is 15.4. The lowest BCUT2D eigenvalue weighted by Gasteiger charge is -2.12. The van der Waals surface area contributed by atoms with Crippen LogP contribution in [0.2, 0.25) is 0 Å². The molecule has 4 nitrogen and oxygen atoms in total. The maximum absolute atomic E-state index is 12.2. The molecule has 0 aromatic heterocycles. The Morgan fingerprint density at radius 1 is 0.913 bits per heavy atom. The molecule has 0 spiro atoms. The minimum absolute atomic E-state index is 0.0341. The highest BCUT2D eigenvalue weighted by molar-refractivity contribution is 5.95. The van der Waals surface area contributed by atoms with Crippen LogP contribution >= 0.6 is 0 Å². The fraction of sp³-hybridized carbons (Fsp3) is 0.316. The van der Waals surface area contributed by atoms with Crippen molar-refractivity contribution in [2.24, 2.45) is 0 Å². The zero-order valence-electron chi connectivity index (χ0n) is 13.2. The number of hydrogen-bond donors (Lipinski definition) is 2. The van der Waals surface area contributed by atoms with Gasteiger partial charge in [0.15, 0.2) is 0 Å². The Labute approximate surface area is 136 Å². The van der Waals surface area contributed by atoms with Crippen molar-refractivity contribution >= 4 is 11.6 Å². The van der Waals surface area contributed by atoms with Gasteiger partial charge >= 0.3 is 0 Å². The van der Waals surface area contributed by atoms with Crippen LogP contribution in [0.4, 0.5) is 5.69 Å². The summed E-state index contributed by atoms with van der Waals surface area (Å²) in [4.78, 5) is 12.2. The first-order valence-corrected chi connectivity index (χ1v) is 8.15. The van der Waals surface area contributed by atoms with Gasteiger partial charge < -0.3 is 15.4 Å². The maximum Gasteiger partial charge on any atom is 0.251 e. The van der Waals surface area contributed by atoms with Crippen LogP contribution in [0.3, 0.4) is 0 Å². The van der Waals surface area contributed by atoms with Crippen LogP contribution in [-0.4, -0.2) is 25.6 Å². The van der Waals surface area contributed by atoms with Crippen LogP contribution in [0.5, 0.6) is 5.75 Å². The second-order valence-electron chi connectivity index (χ2n) is 5.72. The third-order valence-corrected chi connectivity index (χ3v) is 3.89. The van der Waals surface area contributed by atoms with Crippen molar-refractivity contribution < 1.29 is 9.53 Å². The van der Waals surface area contributed by atoms with Gasteiger partial charge in [0.05, 0.1) is 6.61 Å². The number of amides is 1. The molecule has 23 heavy (non-hydrogen) atoms. The Balaban J connectivity index is 1.73. The highest BCUT2D eigenvalue weighted by atomic mass is 16.5. The summed E-state index contributed by atoms with van der Waals surface area (Å²) in [6.45, 7) is 2.20. The summed E-state index contributed by atoms with van der Waals surface area (Å²) in [6, 6.07) is 15.7. The summed E-state index contributed by atoms with van der Waals surface area (Å²) < 4.78 is 5.80. The zero-order valence-corrected chi connectivity index (χ0v) is 13.2. The molecule has 1 heterocycles. The van der Waals surface area contributed by atoms with Crippen LogP contribution in [0.1, 0.15) is 28.8 Å². The quantitative estimate of drug-likeness (QED) is 0.785. The van der Waals surface area contributed by atoms with E-state index in [1.165, 1.54) is 5.56 Å². The van der Waals surface area contributed by atoms with Gasteiger partial charge in [0, 0.05) is 24.3 Å². The SMILES string of the molecule is O=C1NCCc2cccc(c2)OCCCCNc2cccc1c2. The van der Waals surface area contributed by atoms with Crippen molar-refractivity contribution in [1.82, 2.24) is 5.32 Å². The summed E-state index contributed by atoms with van der Waals surface area (Å²) >= 11 is 0. The number of ether oxygens (including phenoxy) is 1. The summed E-state index contributed by atoms with van der Waals surface area (Å²) in [6.07, 6.45) is 2.81. The van der Waals surface area contributed by atoms with Gasteiger partial charge in [0.25, 0.3) is 5.91 Å². The predicted octanol–water partition coefficient (Wildman–Crippen LogP) is 3.24. The Morgan fingerprint density at radius 3 is 2.78 bits per heavy atom. The Kier molecular flexibility index (Phi) is 5.14. The predicted molar refractivity (Wildman–Crippen MR) is 92.1 cm³/mol. The van der Waals surface area contributed by atoms with Crippen LogP contribution in [0.25, 0.3) is 0 Å². The van der Waals surface area contributed by atoms with Crippen molar-refractivity contribution in [1.29, 1.82) is 0 Å². The molecule has 4 heteroatoms. The number of rotatable bonds is 0. The largest absolute Gasteiger partial charge is 0.494 e. The van der Waals surface area contributed by atoms with E-state index in [1.54, 1.807) is 0 Å². The molecule has 2 N–H and O–H groups in total. The molecular weight excluding hydrogens is 288 g/mol. The standard InChI is InChI=1S/C19H22N2O2/c22-19-16-6-4-7-17(14-16)20-10-1-2-12-23-18-8-3-5-15(13-18)9-11-21-19/h3-8,13-14,20H,1-2,9-12H2,(H,21,22). The summed E-state index contributed by atoms with van der Waals surface area (Å²) in [5.74, 6) is 0.868. The van der Waals surface area contributed by atoms with Crippen molar-refractivity contribution in [3.05, 3.63) is 59.7 Å². The number of anilines is 1. The van der Waals surface area contributed by atoms with Crippen LogP contribution in [0, 0.1) is 0 Å². The van der Waals surface area contributed by atoms with Gasteiger partial charge in [-0.3, -0.25) is 4.79 Å². The van der Waals surface area contributed by atoms with Crippen molar-refractivity contribution in [2.75, 3.05) is 25.0 Å². The maximum atomic E-state index is 12.2. The van der Waals surface area contributed by atoms with E-state index in [1.807, 2.05) is 36.4 Å². The smallest absolute Gasteiger partial charge is 0.251 e. The summed E-state index contributed by atoms with van der Waals surface area (Å²) in [7, 11) is 0. The normalized spacial score (nSPS) is 15.9. The lowest BCUT2D eigenvalue weighted by atomic mass is 10.1. The van der Waals surface area contributed by atoms with Gasteiger partial charge in [-0.25, -0.2) is 0 Å². The molecule has 0 saturated carbocycles. The molecule has 3 rings (SSSR count). The van der Waals surface area contributed by atoms with Gasteiger partial charge in [0.2, 0.25) is 0 Å². The fourth-order valence-corrected chi connectivity index (χ4v) is 2.63. The second kappa shape index (κ2) is 7.68. The fourth-order valence-electron chi connectivity index (χ4n) is 2.63. The van der Waals surface area contributed by atoms with E-state index in [-0.39, 0.29) is 5.91 Å². The number of nitrogens with one attached hydrogen (secondary N) is 2. The third-order valence-electron chi connectivity index (χ3n) is 3.89. The first-order chi connectivity index (χ1) is 11.3. The minimum atomic E-state index is -0.0341. The molecule has 2 aromatic carbocycles. The Morgan fingerprint density at radius 2 is 1.83 bits per heavy atom.